The summed E-state index contributed by atoms with van der Waals surface area (Å²) in [5.41, 5.74) is 0. The number of ether oxygens (including phenoxy) is 1. The van der Waals surface area contributed by atoms with E-state index in [1.165, 1.54) is 0 Å². The summed E-state index contributed by atoms with van der Waals surface area (Å²) in [7, 11) is -4.41. The van der Waals surface area contributed by atoms with E-state index in [2.05, 4.69) is 0 Å². The molecule has 0 saturated carbocycles. The van der Waals surface area contributed by atoms with Gasteiger partial charge in [-0.3, -0.25) is 8.98 Å². The van der Waals surface area contributed by atoms with E-state index >= 15 is 0 Å². The molecule has 0 aromatic heterocycles. The van der Waals surface area contributed by atoms with E-state index in [4.69, 9.17) is 8.92 Å². The summed E-state index contributed by atoms with van der Waals surface area (Å²) in [5, 5.41) is 9.02. The van der Waals surface area contributed by atoms with Crippen LogP contribution in [0.4, 0.5) is 0 Å². The molecule has 0 aliphatic heterocycles. The van der Waals surface area contributed by atoms with Gasteiger partial charge in [-0.2, -0.15) is 8.42 Å². The topological polar surface area (TPSA) is 110 Å². The number of aliphatic carboxylic acids is 1. The second-order valence-corrected chi connectivity index (χ2v) is 7.46. The van der Waals surface area contributed by atoms with E-state index in [1.807, 2.05) is 13.8 Å². The summed E-state index contributed by atoms with van der Waals surface area (Å²) in [5.74, 6) is -2.73. The largest absolute Gasteiger partial charge is 1.00 e. The molecule has 0 radical (unpaired) electrons. The zero-order valence-corrected chi connectivity index (χ0v) is 18.4. The third-order valence-corrected chi connectivity index (χ3v) is 5.02. The number of unbranched alkanes of at least 4 members (excludes halogenated alkanes) is 6. The average Bonchev–Trinajstić information content (AvgIpc) is 2.51. The Morgan fingerprint density at radius 2 is 1.44 bits per heavy atom. The number of esters is 1. The van der Waals surface area contributed by atoms with Crippen molar-refractivity contribution in [3.8, 4) is 0 Å². The van der Waals surface area contributed by atoms with E-state index < -0.39 is 33.7 Å². The number of hydrogen-bond donors (Lipinski definition) is 0. The molecule has 0 spiro atoms. The fourth-order valence-corrected chi connectivity index (χ4v) is 3.10. The molecule has 0 N–H and O–H groups in total. The second-order valence-electron chi connectivity index (χ2n) is 5.67. The van der Waals surface area contributed by atoms with E-state index in [1.54, 1.807) is 0 Å². The van der Waals surface area contributed by atoms with Crippen molar-refractivity contribution in [2.45, 2.75) is 76.9 Å². The fourth-order valence-electron chi connectivity index (χ4n) is 2.01. The van der Waals surface area contributed by atoms with Crippen molar-refractivity contribution in [3.63, 3.8) is 0 Å². The molecule has 1 unspecified atom stereocenters. The van der Waals surface area contributed by atoms with Gasteiger partial charge in [0.1, 0.15) is 5.25 Å². The van der Waals surface area contributed by atoms with Crippen molar-refractivity contribution in [1.82, 2.24) is 0 Å². The summed E-state index contributed by atoms with van der Waals surface area (Å²) in [6, 6.07) is 0. The molecular formula is C16H29NaO7S. The first-order chi connectivity index (χ1) is 11.3. The van der Waals surface area contributed by atoms with E-state index in [0.717, 1.165) is 38.5 Å². The Bertz CT molecular complexity index is 465. The van der Waals surface area contributed by atoms with E-state index in [9.17, 15) is 23.1 Å². The van der Waals surface area contributed by atoms with Gasteiger partial charge in [-0.1, -0.05) is 52.4 Å². The van der Waals surface area contributed by atoms with Crippen molar-refractivity contribution in [3.05, 3.63) is 0 Å². The molecule has 0 fully saturated rings. The van der Waals surface area contributed by atoms with Crippen LogP contribution in [0.5, 0.6) is 0 Å². The SMILES string of the molecule is CCCCCCOC(=O)CC(C(=O)[O-])S(=O)(=O)OCCCCCC.[Na+]. The van der Waals surface area contributed by atoms with Crippen LogP contribution in [0, 0.1) is 0 Å². The van der Waals surface area contributed by atoms with Gasteiger partial charge in [0.15, 0.2) is 0 Å². The van der Waals surface area contributed by atoms with Gasteiger partial charge in [0, 0.05) is 0 Å². The van der Waals surface area contributed by atoms with Crippen LogP contribution in [0.1, 0.15) is 71.6 Å². The Labute approximate surface area is 173 Å². The van der Waals surface area contributed by atoms with Crippen LogP contribution in [0.25, 0.3) is 0 Å². The van der Waals surface area contributed by atoms with Crippen LogP contribution in [0.15, 0.2) is 0 Å². The minimum absolute atomic E-state index is 0. The second kappa shape index (κ2) is 16.1. The average molecular weight is 388 g/mol. The van der Waals surface area contributed by atoms with Crippen LogP contribution in [-0.2, 0) is 28.6 Å². The standard InChI is InChI=1S/C16H30O7S.Na/c1-3-5-7-9-11-22-15(17)13-14(16(18)19)24(20,21)23-12-10-8-6-4-2;/h14H,3-13H2,1-2H3,(H,18,19);/q;+1/p-1. The Morgan fingerprint density at radius 1 is 0.920 bits per heavy atom. The Hall–Kier alpha value is -0.150. The van der Waals surface area contributed by atoms with E-state index in [0.29, 0.717) is 12.8 Å². The molecule has 142 valence electrons. The normalized spacial score (nSPS) is 12.2. The molecule has 25 heavy (non-hydrogen) atoms. The van der Waals surface area contributed by atoms with Crippen molar-refractivity contribution < 1.29 is 61.6 Å². The number of rotatable bonds is 15. The molecule has 0 amide bonds. The predicted octanol–water partition coefficient (Wildman–Crippen LogP) is -1.45. The minimum atomic E-state index is -4.41. The molecule has 7 nitrogen and oxygen atoms in total. The minimum Gasteiger partial charge on any atom is -0.549 e. The fraction of sp³-hybridized carbons (Fsp3) is 0.875. The summed E-state index contributed by atoms with van der Waals surface area (Å²) >= 11 is 0. The number of hydrogen-bond acceptors (Lipinski definition) is 7. The first-order valence-corrected chi connectivity index (χ1v) is 10.1. The third kappa shape index (κ3) is 13.7. The third-order valence-electron chi connectivity index (χ3n) is 3.47. The van der Waals surface area contributed by atoms with Gasteiger partial charge in [-0.25, -0.2) is 0 Å². The van der Waals surface area contributed by atoms with Crippen molar-refractivity contribution in [1.29, 1.82) is 0 Å². The number of carbonyl (C=O) groups excluding carboxylic acids is 2. The van der Waals surface area contributed by atoms with Crippen molar-refractivity contribution in [2.75, 3.05) is 13.2 Å². The first kappa shape index (κ1) is 27.1. The van der Waals surface area contributed by atoms with Gasteiger partial charge < -0.3 is 14.6 Å². The summed E-state index contributed by atoms with van der Waals surface area (Å²) in [6.45, 7) is 4.11. The maximum Gasteiger partial charge on any atom is 1.00 e. The quantitative estimate of drug-likeness (QED) is 0.146. The summed E-state index contributed by atoms with van der Waals surface area (Å²) in [6.07, 6.45) is 6.04. The molecule has 9 heteroatoms. The molecule has 0 aromatic carbocycles. The van der Waals surface area contributed by atoms with Gasteiger partial charge >= 0.3 is 35.5 Å². The van der Waals surface area contributed by atoms with Crippen molar-refractivity contribution >= 4 is 22.1 Å². The van der Waals surface area contributed by atoms with Crippen molar-refractivity contribution in [2.24, 2.45) is 0 Å². The van der Waals surface area contributed by atoms with Gasteiger partial charge in [-0.05, 0) is 12.8 Å². The molecule has 0 saturated heterocycles. The molecule has 1 atom stereocenters. The maximum atomic E-state index is 11.9. The monoisotopic (exact) mass is 388 g/mol. The summed E-state index contributed by atoms with van der Waals surface area (Å²) < 4.78 is 33.4. The van der Waals surface area contributed by atoms with Crippen LogP contribution in [0.2, 0.25) is 0 Å². The Balaban J connectivity index is 0. The van der Waals surface area contributed by atoms with Gasteiger partial charge in [0.05, 0.1) is 25.6 Å². The first-order valence-electron chi connectivity index (χ1n) is 8.59. The molecule has 0 bridgehead atoms. The molecule has 0 rings (SSSR count). The number of carboxylic acids is 1. The van der Waals surface area contributed by atoms with Crippen LogP contribution in [-0.4, -0.2) is 38.8 Å². The van der Waals surface area contributed by atoms with Gasteiger partial charge in [0.2, 0.25) is 0 Å². The zero-order chi connectivity index (χ0) is 18.4. The molecule has 0 aliphatic carbocycles. The van der Waals surface area contributed by atoms with Crippen LogP contribution >= 0.6 is 0 Å². The summed E-state index contributed by atoms with van der Waals surface area (Å²) in [4.78, 5) is 22.7. The maximum absolute atomic E-state index is 11.9. The van der Waals surface area contributed by atoms with Gasteiger partial charge in [0.25, 0.3) is 10.1 Å². The number of carboxylic acid groups (broad SMARTS) is 1. The zero-order valence-electron chi connectivity index (χ0n) is 15.6. The molecule has 0 heterocycles. The van der Waals surface area contributed by atoms with Gasteiger partial charge in [-0.15, -0.1) is 0 Å². The molecular weight excluding hydrogens is 359 g/mol. The van der Waals surface area contributed by atoms with Crippen LogP contribution < -0.4 is 34.7 Å². The smallest absolute Gasteiger partial charge is 0.549 e. The Morgan fingerprint density at radius 3 is 1.92 bits per heavy atom. The predicted molar refractivity (Wildman–Crippen MR) is 87.5 cm³/mol. The Kier molecular flexibility index (Phi) is 17.4. The van der Waals surface area contributed by atoms with E-state index in [-0.39, 0.29) is 42.8 Å². The molecule has 0 aromatic rings. The number of carbonyl (C=O) groups is 2. The van der Waals surface area contributed by atoms with Crippen LogP contribution in [0.3, 0.4) is 0 Å². The molecule has 0 aliphatic rings.